The van der Waals surface area contributed by atoms with Crippen molar-refractivity contribution in [3.63, 3.8) is 0 Å². The molecule has 1 atom stereocenters. The van der Waals surface area contributed by atoms with Gasteiger partial charge in [-0.1, -0.05) is 0 Å². The third-order valence-corrected chi connectivity index (χ3v) is 4.30. The topological polar surface area (TPSA) is 64.4 Å². The van der Waals surface area contributed by atoms with E-state index in [1.807, 2.05) is 31.6 Å². The quantitative estimate of drug-likeness (QED) is 0.779. The zero-order valence-corrected chi connectivity index (χ0v) is 13.2. The first kappa shape index (κ1) is 15.1. The van der Waals surface area contributed by atoms with Gasteiger partial charge in [0.05, 0.1) is 30.1 Å². The molecule has 0 radical (unpaired) electrons. The summed E-state index contributed by atoms with van der Waals surface area (Å²) in [5.74, 6) is -2.79. The molecule has 1 saturated heterocycles. The van der Waals surface area contributed by atoms with E-state index in [0.29, 0.717) is 12.2 Å². The second kappa shape index (κ2) is 5.27. The summed E-state index contributed by atoms with van der Waals surface area (Å²) in [6, 6.07) is 3.17. The Morgan fingerprint density at radius 1 is 1.25 bits per heavy atom. The monoisotopic (exact) mass is 332 g/mol. The summed E-state index contributed by atoms with van der Waals surface area (Å²) in [6.45, 7) is 0.0605. The number of nitrogens with two attached hydrogens (primary N) is 1. The van der Waals surface area contributed by atoms with Gasteiger partial charge in [-0.05, 0) is 12.1 Å². The fourth-order valence-corrected chi connectivity index (χ4v) is 3.31. The number of alkyl halides is 2. The molecule has 1 aliphatic rings. The molecule has 6 nitrogen and oxygen atoms in total. The minimum Gasteiger partial charge on any atom is -0.362 e. The molecule has 0 saturated carbocycles. The number of fused-ring (bicyclic) bond motifs is 1. The molecule has 24 heavy (non-hydrogen) atoms. The van der Waals surface area contributed by atoms with E-state index in [-0.39, 0.29) is 13.0 Å². The van der Waals surface area contributed by atoms with Crippen molar-refractivity contribution >= 4 is 11.2 Å². The predicted octanol–water partition coefficient (Wildman–Crippen LogP) is 1.91. The van der Waals surface area contributed by atoms with Crippen LogP contribution in [0.2, 0.25) is 0 Å². The van der Waals surface area contributed by atoms with Gasteiger partial charge in [0.2, 0.25) is 0 Å². The van der Waals surface area contributed by atoms with E-state index >= 15 is 0 Å². The smallest absolute Gasteiger partial charge is 0.266 e. The van der Waals surface area contributed by atoms with Crippen molar-refractivity contribution < 1.29 is 8.78 Å². The normalized spacial score (nSPS) is 20.7. The number of hydrogen-bond acceptors (Lipinski definition) is 4. The largest absolute Gasteiger partial charge is 0.362 e. The number of rotatable bonds is 2. The molecule has 0 aliphatic carbocycles. The standard InChI is InChI=1S/C16H18F2N6/c1-22-7-12(6-21-22)11-4-15(14-2-3-20-24(14)8-11)23-9-13(19)5-16(17,18)10-23/h2-4,6-8,13H,5,9-10,19H2,1H3. The molecule has 2 N–H and O–H groups in total. The number of anilines is 1. The summed E-state index contributed by atoms with van der Waals surface area (Å²) in [7, 11) is 1.83. The number of aromatic nitrogens is 4. The van der Waals surface area contributed by atoms with Crippen molar-refractivity contribution in [2.24, 2.45) is 12.8 Å². The highest BCUT2D eigenvalue weighted by Gasteiger charge is 2.39. The molecular formula is C16H18F2N6. The van der Waals surface area contributed by atoms with E-state index in [2.05, 4.69) is 10.2 Å². The number of aryl methyl sites for hydroxylation is 1. The summed E-state index contributed by atoms with van der Waals surface area (Å²) in [5.41, 5.74) is 9.13. The maximum atomic E-state index is 14.0. The first-order chi connectivity index (χ1) is 11.4. The van der Waals surface area contributed by atoms with E-state index in [9.17, 15) is 8.78 Å². The number of halogens is 2. The molecule has 4 rings (SSSR count). The maximum Gasteiger partial charge on any atom is 0.266 e. The zero-order chi connectivity index (χ0) is 16.9. The van der Waals surface area contributed by atoms with Gasteiger partial charge in [0.15, 0.2) is 0 Å². The average Bonchev–Trinajstić information content (AvgIpc) is 3.12. The van der Waals surface area contributed by atoms with Crippen molar-refractivity contribution in [1.29, 1.82) is 0 Å². The van der Waals surface area contributed by atoms with Crippen LogP contribution in [0.4, 0.5) is 14.5 Å². The van der Waals surface area contributed by atoms with Crippen molar-refractivity contribution in [3.8, 4) is 11.1 Å². The number of pyridine rings is 1. The summed E-state index contributed by atoms with van der Waals surface area (Å²) in [4.78, 5) is 1.66. The third-order valence-electron chi connectivity index (χ3n) is 4.30. The Balaban J connectivity index is 1.83. The lowest BCUT2D eigenvalue weighted by Gasteiger charge is -2.37. The van der Waals surface area contributed by atoms with Crippen molar-refractivity contribution in [1.82, 2.24) is 19.4 Å². The molecule has 0 aromatic carbocycles. The van der Waals surface area contributed by atoms with Gasteiger partial charge in [0, 0.05) is 49.6 Å². The Morgan fingerprint density at radius 3 is 2.79 bits per heavy atom. The van der Waals surface area contributed by atoms with Gasteiger partial charge < -0.3 is 10.6 Å². The summed E-state index contributed by atoms with van der Waals surface area (Å²) in [6.07, 6.45) is 6.88. The molecular weight excluding hydrogens is 314 g/mol. The molecule has 4 heterocycles. The minimum atomic E-state index is -2.79. The number of piperidine rings is 1. The average molecular weight is 332 g/mol. The Hall–Kier alpha value is -2.48. The first-order valence-electron chi connectivity index (χ1n) is 7.76. The lowest BCUT2D eigenvalue weighted by atomic mass is 10.0. The summed E-state index contributed by atoms with van der Waals surface area (Å²) in [5, 5.41) is 8.44. The molecule has 3 aromatic heterocycles. The van der Waals surface area contributed by atoms with Gasteiger partial charge in [0.25, 0.3) is 5.92 Å². The van der Waals surface area contributed by atoms with Crippen molar-refractivity contribution in [3.05, 3.63) is 36.9 Å². The van der Waals surface area contributed by atoms with Gasteiger partial charge in [-0.15, -0.1) is 0 Å². The Morgan fingerprint density at radius 2 is 2.08 bits per heavy atom. The zero-order valence-electron chi connectivity index (χ0n) is 13.2. The van der Waals surface area contributed by atoms with Gasteiger partial charge in [-0.2, -0.15) is 10.2 Å². The molecule has 0 bridgehead atoms. The van der Waals surface area contributed by atoms with Crippen LogP contribution >= 0.6 is 0 Å². The van der Waals surface area contributed by atoms with Crippen LogP contribution in [0.3, 0.4) is 0 Å². The Kier molecular flexibility index (Phi) is 3.31. The molecule has 3 aromatic rings. The number of hydrogen-bond donors (Lipinski definition) is 1. The molecule has 1 aliphatic heterocycles. The summed E-state index contributed by atoms with van der Waals surface area (Å²) >= 11 is 0. The van der Waals surface area contributed by atoms with Crippen LogP contribution in [0.5, 0.6) is 0 Å². The highest BCUT2D eigenvalue weighted by atomic mass is 19.3. The second-order valence-electron chi connectivity index (χ2n) is 6.38. The van der Waals surface area contributed by atoms with Gasteiger partial charge >= 0.3 is 0 Å². The fourth-order valence-electron chi connectivity index (χ4n) is 3.31. The highest BCUT2D eigenvalue weighted by Crippen LogP contribution is 2.34. The highest BCUT2D eigenvalue weighted by molar-refractivity contribution is 5.79. The third kappa shape index (κ3) is 2.62. The van der Waals surface area contributed by atoms with Gasteiger partial charge in [-0.25, -0.2) is 13.3 Å². The van der Waals surface area contributed by atoms with E-state index in [1.165, 1.54) is 0 Å². The van der Waals surface area contributed by atoms with E-state index in [1.54, 1.807) is 26.5 Å². The fraction of sp³-hybridized carbons (Fsp3) is 0.375. The predicted molar refractivity (Wildman–Crippen MR) is 87.1 cm³/mol. The van der Waals surface area contributed by atoms with Crippen LogP contribution in [-0.4, -0.2) is 44.4 Å². The van der Waals surface area contributed by atoms with Gasteiger partial charge in [-0.3, -0.25) is 4.68 Å². The molecule has 0 spiro atoms. The molecule has 0 amide bonds. The van der Waals surface area contributed by atoms with Crippen LogP contribution in [0, 0.1) is 0 Å². The van der Waals surface area contributed by atoms with E-state index in [4.69, 9.17) is 5.73 Å². The van der Waals surface area contributed by atoms with Crippen LogP contribution in [0.1, 0.15) is 6.42 Å². The maximum absolute atomic E-state index is 14.0. The first-order valence-corrected chi connectivity index (χ1v) is 7.76. The lowest BCUT2D eigenvalue weighted by Crippen LogP contribution is -2.52. The van der Waals surface area contributed by atoms with Crippen LogP contribution in [0.25, 0.3) is 16.6 Å². The molecule has 8 heteroatoms. The van der Waals surface area contributed by atoms with Crippen LogP contribution in [0.15, 0.2) is 36.9 Å². The Labute approximate surface area is 137 Å². The van der Waals surface area contributed by atoms with Crippen molar-refractivity contribution in [2.75, 3.05) is 18.0 Å². The lowest BCUT2D eigenvalue weighted by molar-refractivity contribution is -0.0171. The van der Waals surface area contributed by atoms with Gasteiger partial charge in [0.1, 0.15) is 0 Å². The number of nitrogens with zero attached hydrogens (tertiary/aromatic N) is 5. The van der Waals surface area contributed by atoms with Crippen LogP contribution < -0.4 is 10.6 Å². The van der Waals surface area contributed by atoms with Crippen LogP contribution in [-0.2, 0) is 7.05 Å². The molecule has 1 unspecified atom stereocenters. The van der Waals surface area contributed by atoms with E-state index in [0.717, 1.165) is 16.6 Å². The van der Waals surface area contributed by atoms with Crippen molar-refractivity contribution in [2.45, 2.75) is 18.4 Å². The minimum absolute atomic E-state index is 0.276. The van der Waals surface area contributed by atoms with E-state index < -0.39 is 12.0 Å². The SMILES string of the molecule is Cn1cc(-c2cc(N3CC(N)CC(F)(F)C3)c3ccnn3c2)cn1. The molecule has 126 valence electrons. The molecule has 1 fully saturated rings. The summed E-state index contributed by atoms with van der Waals surface area (Å²) < 4.78 is 31.4. The second-order valence-corrected chi connectivity index (χ2v) is 6.38. The Bertz CT molecular complexity index is 884.